The van der Waals surface area contributed by atoms with Gasteiger partial charge < -0.3 is 5.11 Å². The van der Waals surface area contributed by atoms with E-state index in [1.807, 2.05) is 0 Å². The van der Waals surface area contributed by atoms with Crippen molar-refractivity contribution >= 4 is 23.8 Å². The Balaban J connectivity index is 2.69. The van der Waals surface area contributed by atoms with Crippen LogP contribution in [0, 0.1) is 5.82 Å². The summed E-state index contributed by atoms with van der Waals surface area (Å²) in [5.41, 5.74) is 1.23. The molecule has 17 heavy (non-hydrogen) atoms. The van der Waals surface area contributed by atoms with E-state index in [0.717, 1.165) is 18.2 Å². The topological polar surface area (TPSA) is 37.3 Å². The van der Waals surface area contributed by atoms with Crippen LogP contribution < -0.4 is 0 Å². The molecule has 0 aliphatic heterocycles. The lowest BCUT2D eigenvalue weighted by atomic mass is 10.1. The summed E-state index contributed by atoms with van der Waals surface area (Å²) >= 11 is 1.69. The van der Waals surface area contributed by atoms with E-state index in [1.54, 1.807) is 23.9 Å². The van der Waals surface area contributed by atoms with Crippen molar-refractivity contribution in [3.63, 3.8) is 0 Å². The van der Waals surface area contributed by atoms with E-state index < -0.39 is 5.97 Å². The van der Waals surface area contributed by atoms with Crippen molar-refractivity contribution in [1.29, 1.82) is 0 Å². The molecule has 0 aliphatic rings. The summed E-state index contributed by atoms with van der Waals surface area (Å²) in [7, 11) is 0. The molecule has 0 unspecified atom stereocenters. The highest BCUT2D eigenvalue weighted by atomic mass is 32.2. The lowest BCUT2D eigenvalue weighted by Crippen LogP contribution is -1.90. The van der Waals surface area contributed by atoms with Gasteiger partial charge in [-0.1, -0.05) is 19.1 Å². The summed E-state index contributed by atoms with van der Waals surface area (Å²) in [6.07, 6.45) is 3.46. The summed E-state index contributed by atoms with van der Waals surface area (Å²) in [5.74, 6) is 0.358. The van der Waals surface area contributed by atoms with Crippen LogP contribution in [0.5, 0.6) is 0 Å². The molecule has 4 heteroatoms. The maximum Gasteiger partial charge on any atom is 0.328 e. The molecule has 0 atom stereocenters. The second-order valence-corrected chi connectivity index (χ2v) is 4.68. The molecule has 0 bridgehead atoms. The zero-order chi connectivity index (χ0) is 12.7. The van der Waals surface area contributed by atoms with Gasteiger partial charge in [-0.15, -0.1) is 0 Å². The van der Waals surface area contributed by atoms with Crippen LogP contribution in [0.3, 0.4) is 0 Å². The normalized spacial score (nSPS) is 10.9. The number of carboxylic acid groups (broad SMARTS) is 1. The van der Waals surface area contributed by atoms with Crippen LogP contribution in [0.25, 0.3) is 6.08 Å². The molecule has 0 radical (unpaired) electrons. The minimum absolute atomic E-state index is 0.277. The van der Waals surface area contributed by atoms with E-state index in [1.165, 1.54) is 12.1 Å². The fraction of sp³-hybridized carbons (Fsp3) is 0.308. The molecule has 0 saturated heterocycles. The summed E-state index contributed by atoms with van der Waals surface area (Å²) in [6.45, 7) is 2.09. The molecule has 2 nitrogen and oxygen atoms in total. The van der Waals surface area contributed by atoms with Gasteiger partial charge in [0.25, 0.3) is 0 Å². The monoisotopic (exact) mass is 254 g/mol. The fourth-order valence-electron chi connectivity index (χ4n) is 1.28. The molecule has 1 aromatic carbocycles. The zero-order valence-corrected chi connectivity index (χ0v) is 10.5. The van der Waals surface area contributed by atoms with Gasteiger partial charge in [0.1, 0.15) is 5.82 Å². The number of hydrogen-bond donors (Lipinski definition) is 1. The van der Waals surface area contributed by atoms with Gasteiger partial charge in [-0.25, -0.2) is 9.18 Å². The van der Waals surface area contributed by atoms with Gasteiger partial charge in [0.2, 0.25) is 0 Å². The van der Waals surface area contributed by atoms with Gasteiger partial charge in [0.15, 0.2) is 0 Å². The van der Waals surface area contributed by atoms with Crippen molar-refractivity contribution in [3.05, 3.63) is 41.2 Å². The summed E-state index contributed by atoms with van der Waals surface area (Å²) in [5, 5.41) is 8.46. The van der Waals surface area contributed by atoms with Gasteiger partial charge in [0.05, 0.1) is 0 Å². The van der Waals surface area contributed by atoms with E-state index in [0.29, 0.717) is 16.9 Å². The molecule has 0 heterocycles. The number of halogens is 1. The van der Waals surface area contributed by atoms with Crippen molar-refractivity contribution in [2.24, 2.45) is 0 Å². The minimum Gasteiger partial charge on any atom is -0.478 e. The van der Waals surface area contributed by atoms with Crippen LogP contribution in [0.15, 0.2) is 24.3 Å². The number of carboxylic acids is 1. The summed E-state index contributed by atoms with van der Waals surface area (Å²) in [4.78, 5) is 10.3. The first-order chi connectivity index (χ1) is 8.13. The first-order valence-corrected chi connectivity index (χ1v) is 6.56. The largest absolute Gasteiger partial charge is 0.478 e. The Morgan fingerprint density at radius 2 is 2.29 bits per heavy atom. The van der Waals surface area contributed by atoms with Crippen LogP contribution in [-0.2, 0) is 10.5 Å². The standard InChI is InChI=1S/C13H15FO2S/c1-2-7-17-9-11-5-3-10(8-12(11)14)4-6-13(15)16/h3-6,8H,2,7,9H2,1H3,(H,15,16)/b6-4+. The maximum atomic E-state index is 13.6. The van der Waals surface area contributed by atoms with E-state index in [2.05, 4.69) is 6.92 Å². The number of thioether (sulfide) groups is 1. The number of benzene rings is 1. The fourth-order valence-corrected chi connectivity index (χ4v) is 2.17. The number of rotatable bonds is 6. The van der Waals surface area contributed by atoms with E-state index in [-0.39, 0.29) is 5.82 Å². The summed E-state index contributed by atoms with van der Waals surface area (Å²) in [6, 6.07) is 4.80. The molecule has 0 spiro atoms. The molecular weight excluding hydrogens is 239 g/mol. The lowest BCUT2D eigenvalue weighted by molar-refractivity contribution is -0.131. The van der Waals surface area contributed by atoms with Gasteiger partial charge >= 0.3 is 5.97 Å². The predicted molar refractivity (Wildman–Crippen MR) is 69.5 cm³/mol. The molecule has 0 aromatic heterocycles. The third kappa shape index (κ3) is 5.04. The van der Waals surface area contributed by atoms with Crippen LogP contribution in [0.1, 0.15) is 24.5 Å². The third-order valence-electron chi connectivity index (χ3n) is 2.10. The van der Waals surface area contributed by atoms with Crippen molar-refractivity contribution < 1.29 is 14.3 Å². The average Bonchev–Trinajstić information content (AvgIpc) is 2.29. The first kappa shape index (κ1) is 13.8. The Morgan fingerprint density at radius 3 is 2.88 bits per heavy atom. The lowest BCUT2D eigenvalue weighted by Gasteiger charge is -2.03. The second-order valence-electron chi connectivity index (χ2n) is 3.58. The second kappa shape index (κ2) is 7.12. The van der Waals surface area contributed by atoms with E-state index >= 15 is 0 Å². The van der Waals surface area contributed by atoms with Crippen LogP contribution in [0.4, 0.5) is 4.39 Å². The number of hydrogen-bond acceptors (Lipinski definition) is 2. The zero-order valence-electron chi connectivity index (χ0n) is 9.65. The SMILES string of the molecule is CCCSCc1ccc(/C=C/C(=O)O)cc1F. The van der Waals surface area contributed by atoms with Gasteiger partial charge in [0, 0.05) is 11.8 Å². The van der Waals surface area contributed by atoms with Crippen LogP contribution in [0.2, 0.25) is 0 Å². The maximum absolute atomic E-state index is 13.6. The van der Waals surface area contributed by atoms with Crippen LogP contribution >= 0.6 is 11.8 Å². The highest BCUT2D eigenvalue weighted by Gasteiger charge is 2.02. The molecule has 0 amide bonds. The molecule has 1 N–H and O–H groups in total. The quantitative estimate of drug-likeness (QED) is 0.623. The Labute approximate surface area is 105 Å². The van der Waals surface area contributed by atoms with Crippen molar-refractivity contribution in [1.82, 2.24) is 0 Å². The molecule has 0 saturated carbocycles. The smallest absolute Gasteiger partial charge is 0.328 e. The molecular formula is C13H15FO2S. The molecule has 1 rings (SSSR count). The number of aliphatic carboxylic acids is 1. The number of carbonyl (C=O) groups is 1. The summed E-state index contributed by atoms with van der Waals surface area (Å²) < 4.78 is 13.6. The Bertz CT molecular complexity index is 416. The predicted octanol–water partition coefficient (Wildman–Crippen LogP) is 3.57. The first-order valence-electron chi connectivity index (χ1n) is 5.40. The van der Waals surface area contributed by atoms with E-state index in [4.69, 9.17) is 5.11 Å². The van der Waals surface area contributed by atoms with Gasteiger partial charge in [-0.3, -0.25) is 0 Å². The Kier molecular flexibility index (Phi) is 5.77. The molecule has 0 fully saturated rings. The minimum atomic E-state index is -1.03. The highest BCUT2D eigenvalue weighted by Crippen LogP contribution is 2.18. The van der Waals surface area contributed by atoms with Crippen molar-refractivity contribution in [2.75, 3.05) is 5.75 Å². The molecule has 0 aliphatic carbocycles. The van der Waals surface area contributed by atoms with Crippen LogP contribution in [-0.4, -0.2) is 16.8 Å². The van der Waals surface area contributed by atoms with Gasteiger partial charge in [-0.2, -0.15) is 11.8 Å². The van der Waals surface area contributed by atoms with Gasteiger partial charge in [-0.05, 0) is 35.4 Å². The third-order valence-corrected chi connectivity index (χ3v) is 3.31. The highest BCUT2D eigenvalue weighted by molar-refractivity contribution is 7.98. The molecule has 1 aromatic rings. The average molecular weight is 254 g/mol. The molecule has 92 valence electrons. The van der Waals surface area contributed by atoms with E-state index in [9.17, 15) is 9.18 Å². The van der Waals surface area contributed by atoms with Crippen molar-refractivity contribution in [2.45, 2.75) is 19.1 Å². The Hall–Kier alpha value is -1.29. The van der Waals surface area contributed by atoms with Crippen molar-refractivity contribution in [3.8, 4) is 0 Å². The Morgan fingerprint density at radius 1 is 1.53 bits per heavy atom.